The average Bonchev–Trinajstić information content (AvgIpc) is 3.57. The van der Waals surface area contributed by atoms with Gasteiger partial charge in [-0.2, -0.15) is 4.31 Å². The maximum absolute atomic E-state index is 15.1. The summed E-state index contributed by atoms with van der Waals surface area (Å²) in [5, 5.41) is 0. The molecule has 274 valence electrons. The Morgan fingerprint density at radius 1 is 0.960 bits per heavy atom. The smallest absolute Gasteiger partial charge is 0.411 e. The number of carbonyl (C=O) groups is 2. The Bertz CT molecular complexity index is 1790. The first-order valence-electron chi connectivity index (χ1n) is 16.5. The van der Waals surface area contributed by atoms with Gasteiger partial charge in [0.1, 0.15) is 16.4 Å². The van der Waals surface area contributed by atoms with E-state index in [-0.39, 0.29) is 46.5 Å². The van der Waals surface area contributed by atoms with Gasteiger partial charge in [0.25, 0.3) is 15.9 Å². The summed E-state index contributed by atoms with van der Waals surface area (Å²) >= 11 is 1.34. The number of anilines is 1. The van der Waals surface area contributed by atoms with Crippen molar-refractivity contribution in [2.24, 2.45) is 0 Å². The van der Waals surface area contributed by atoms with Crippen molar-refractivity contribution in [3.05, 3.63) is 69.4 Å². The molecule has 2 aromatic carbocycles. The molecule has 0 aliphatic carbocycles. The molecule has 3 aliphatic rings. The summed E-state index contributed by atoms with van der Waals surface area (Å²) in [7, 11) is -0.803. The maximum Gasteiger partial charge on any atom is 0.411 e. The Balaban J connectivity index is 0.00000281. The first-order valence-corrected chi connectivity index (χ1v) is 18.7. The van der Waals surface area contributed by atoms with Crippen LogP contribution in [0.2, 0.25) is 0 Å². The van der Waals surface area contributed by atoms with Crippen molar-refractivity contribution >= 4 is 63.9 Å². The van der Waals surface area contributed by atoms with E-state index in [9.17, 15) is 13.2 Å². The molecule has 6 rings (SSSR count). The Morgan fingerprint density at radius 2 is 1.64 bits per heavy atom. The van der Waals surface area contributed by atoms with Crippen LogP contribution in [0.5, 0.6) is 11.5 Å². The monoisotopic (exact) mass is 768 g/mol. The summed E-state index contributed by atoms with van der Waals surface area (Å²) in [5.74, 6) is -0.217. The van der Waals surface area contributed by atoms with Gasteiger partial charge in [0.05, 0.1) is 25.0 Å². The summed E-state index contributed by atoms with van der Waals surface area (Å²) in [4.78, 5) is 37.1. The zero-order valence-electron chi connectivity index (χ0n) is 29.0. The summed E-state index contributed by atoms with van der Waals surface area (Å²) in [5.41, 5.74) is -1.66. The minimum Gasteiger partial charge on any atom is -0.497 e. The van der Waals surface area contributed by atoms with Crippen molar-refractivity contribution in [3.8, 4) is 11.5 Å². The number of methoxy groups -OCH3 is 1. The molecule has 4 heterocycles. The highest BCUT2D eigenvalue weighted by molar-refractivity contribution is 7.93. The SMILES string of the molecule is CCCOc1ccccc1C1(OC(=O)N2CCN(C3CCN(C)CC3)CC2)C(=O)N(S(=O)(=O)c2cc(C)sc2C)c2ccc(OC)cc21.Cl.Cl. The largest absolute Gasteiger partial charge is 0.497 e. The van der Waals surface area contributed by atoms with Crippen molar-refractivity contribution in [2.75, 3.05) is 64.3 Å². The first-order chi connectivity index (χ1) is 23.0. The highest BCUT2D eigenvalue weighted by Gasteiger charge is 2.61. The van der Waals surface area contributed by atoms with Crippen LogP contribution in [0, 0.1) is 13.8 Å². The lowest BCUT2D eigenvalue weighted by atomic mass is 9.86. The van der Waals surface area contributed by atoms with E-state index in [1.165, 1.54) is 24.5 Å². The third-order valence-electron chi connectivity index (χ3n) is 9.55. The number of ether oxygens (including phenoxy) is 3. The van der Waals surface area contributed by atoms with Crippen LogP contribution >= 0.6 is 36.2 Å². The molecule has 3 aromatic rings. The van der Waals surface area contributed by atoms with E-state index >= 15 is 4.79 Å². The average molecular weight is 770 g/mol. The molecule has 0 spiro atoms. The Morgan fingerprint density at radius 3 is 2.26 bits per heavy atom. The Kier molecular flexibility index (Phi) is 12.8. The number of likely N-dealkylation sites (tertiary alicyclic amines) is 1. The number of piperazine rings is 1. The number of sulfonamides is 1. The molecule has 15 heteroatoms. The molecule has 0 saturated carbocycles. The topological polar surface area (TPSA) is 109 Å². The van der Waals surface area contributed by atoms with Crippen LogP contribution in [0.15, 0.2) is 53.4 Å². The third kappa shape index (κ3) is 7.18. The Labute approximate surface area is 311 Å². The highest BCUT2D eigenvalue weighted by atomic mass is 35.5. The number of fused-ring (bicyclic) bond motifs is 1. The van der Waals surface area contributed by atoms with Gasteiger partial charge in [-0.25, -0.2) is 13.2 Å². The second kappa shape index (κ2) is 16.1. The van der Waals surface area contributed by atoms with Crippen LogP contribution in [0.25, 0.3) is 0 Å². The van der Waals surface area contributed by atoms with E-state index in [0.717, 1.165) is 35.1 Å². The number of hydrogen-bond donors (Lipinski definition) is 0. The van der Waals surface area contributed by atoms with Gasteiger partial charge in [0.2, 0.25) is 5.60 Å². The van der Waals surface area contributed by atoms with Crippen molar-refractivity contribution in [1.82, 2.24) is 14.7 Å². The number of aryl methyl sites for hydroxylation is 2. The normalized spacial score (nSPS) is 20.1. The molecule has 1 atom stereocenters. The minimum atomic E-state index is -4.43. The molecule has 2 amide bonds. The molecule has 0 radical (unpaired) electrons. The van der Waals surface area contributed by atoms with E-state index in [0.29, 0.717) is 61.6 Å². The molecule has 0 N–H and O–H groups in total. The van der Waals surface area contributed by atoms with Crippen molar-refractivity contribution in [3.63, 3.8) is 0 Å². The molecule has 2 fully saturated rings. The van der Waals surface area contributed by atoms with Gasteiger partial charge < -0.3 is 24.0 Å². The molecule has 0 bridgehead atoms. The van der Waals surface area contributed by atoms with Gasteiger partial charge >= 0.3 is 6.09 Å². The maximum atomic E-state index is 15.1. The van der Waals surface area contributed by atoms with Crippen molar-refractivity contribution < 1.29 is 32.2 Å². The fraction of sp³-hybridized carbons (Fsp3) is 0.486. The molecule has 2 saturated heterocycles. The minimum absolute atomic E-state index is 0. The van der Waals surface area contributed by atoms with Gasteiger partial charge in [-0.1, -0.05) is 25.1 Å². The number of para-hydroxylation sites is 1. The van der Waals surface area contributed by atoms with Crippen LogP contribution in [0.4, 0.5) is 10.5 Å². The second-order valence-corrected chi connectivity index (χ2v) is 15.9. The fourth-order valence-electron chi connectivity index (χ4n) is 7.00. The number of carbonyl (C=O) groups excluding carboxylic acids is 2. The van der Waals surface area contributed by atoms with Crippen molar-refractivity contribution in [1.29, 1.82) is 0 Å². The number of thiophene rings is 1. The zero-order valence-corrected chi connectivity index (χ0v) is 32.3. The van der Waals surface area contributed by atoms with Crippen LogP contribution in [-0.4, -0.2) is 101 Å². The standard InChI is InChI=1S/C35H44N4O7S2.2ClH/c1-6-21-45-31-10-8-7-9-28(31)35(46-34(41)38-19-17-37(18-20-38)26-13-15-36(4)16-14-26)29-23-27(44-5)11-12-30(29)39(33(35)40)48(42,43)32-22-24(2)47-25(32)3;;/h7-12,22-23,26H,6,13-21H2,1-5H3;2*1H. The quantitative estimate of drug-likeness (QED) is 0.266. The fourth-order valence-corrected chi connectivity index (χ4v) is 9.99. The van der Waals surface area contributed by atoms with E-state index in [1.54, 1.807) is 54.3 Å². The van der Waals surface area contributed by atoms with E-state index < -0.39 is 27.6 Å². The molecule has 3 aliphatic heterocycles. The lowest BCUT2D eigenvalue weighted by Crippen LogP contribution is -2.55. The highest BCUT2D eigenvalue weighted by Crippen LogP contribution is 2.53. The van der Waals surface area contributed by atoms with Crippen LogP contribution in [0.1, 0.15) is 47.1 Å². The van der Waals surface area contributed by atoms with Gasteiger partial charge in [0.15, 0.2) is 0 Å². The first kappa shape index (κ1) is 39.7. The molecular formula is C35H46Cl2N4O7S2. The number of benzene rings is 2. The summed E-state index contributed by atoms with van der Waals surface area (Å²) in [6.45, 7) is 10.1. The van der Waals surface area contributed by atoms with E-state index in [4.69, 9.17) is 14.2 Å². The number of nitrogens with zero attached hydrogens (tertiary/aromatic N) is 4. The number of halogens is 2. The predicted octanol–water partition coefficient (Wildman–Crippen LogP) is 5.83. The van der Waals surface area contributed by atoms with E-state index in [2.05, 4.69) is 16.8 Å². The molecule has 1 aromatic heterocycles. The molecular weight excluding hydrogens is 723 g/mol. The molecule has 1 unspecified atom stereocenters. The molecule has 11 nitrogen and oxygen atoms in total. The second-order valence-electron chi connectivity index (χ2n) is 12.7. The molecule has 50 heavy (non-hydrogen) atoms. The van der Waals surface area contributed by atoms with Gasteiger partial charge in [-0.15, -0.1) is 36.2 Å². The van der Waals surface area contributed by atoms with Crippen LogP contribution in [-0.2, 0) is 25.2 Å². The number of piperidine rings is 1. The van der Waals surface area contributed by atoms with Gasteiger partial charge in [0, 0.05) is 47.5 Å². The summed E-state index contributed by atoms with van der Waals surface area (Å²) in [6.07, 6.45) is 2.16. The third-order valence-corrected chi connectivity index (χ3v) is 12.5. The lowest BCUT2D eigenvalue weighted by Gasteiger charge is -2.42. The summed E-state index contributed by atoms with van der Waals surface area (Å²) in [6, 6.07) is 13.6. The van der Waals surface area contributed by atoms with E-state index in [1.807, 2.05) is 13.8 Å². The summed E-state index contributed by atoms with van der Waals surface area (Å²) < 4.78 is 47.8. The number of hydrogen-bond acceptors (Lipinski definition) is 10. The van der Waals surface area contributed by atoms with Crippen molar-refractivity contribution in [2.45, 2.75) is 56.6 Å². The van der Waals surface area contributed by atoms with Gasteiger partial charge in [-0.3, -0.25) is 9.69 Å². The zero-order chi connectivity index (χ0) is 34.2. The predicted molar refractivity (Wildman–Crippen MR) is 199 cm³/mol. The van der Waals surface area contributed by atoms with Crippen LogP contribution < -0.4 is 13.8 Å². The number of amides is 2. The number of rotatable bonds is 9. The van der Waals surface area contributed by atoms with Gasteiger partial charge in [-0.05, 0) is 83.6 Å². The van der Waals surface area contributed by atoms with Crippen LogP contribution in [0.3, 0.4) is 0 Å². The Hall–Kier alpha value is -3.07. The lowest BCUT2D eigenvalue weighted by molar-refractivity contribution is -0.132.